The number of aliphatic carboxylic acids is 1. The molecule has 3 atom stereocenters. The second kappa shape index (κ2) is 4.78. The van der Waals surface area contributed by atoms with Crippen LogP contribution >= 0.6 is 0 Å². The van der Waals surface area contributed by atoms with Gasteiger partial charge in [-0.1, -0.05) is 13.8 Å². The van der Waals surface area contributed by atoms with E-state index < -0.39 is 17.3 Å². The van der Waals surface area contributed by atoms with Gasteiger partial charge in [0.25, 0.3) is 0 Å². The molecule has 1 aliphatic carbocycles. The van der Waals surface area contributed by atoms with Crippen molar-refractivity contribution in [2.24, 2.45) is 17.3 Å². The highest BCUT2D eigenvalue weighted by Crippen LogP contribution is 2.59. The zero-order valence-electron chi connectivity index (χ0n) is 12.2. The number of carbonyl (C=O) groups excluding carboxylic acids is 1. The minimum absolute atomic E-state index is 0.0433. The van der Waals surface area contributed by atoms with Crippen molar-refractivity contribution in [3.05, 3.63) is 0 Å². The molecule has 2 aliphatic rings. The van der Waals surface area contributed by atoms with E-state index >= 15 is 0 Å². The molecule has 5 nitrogen and oxygen atoms in total. The number of carboxylic acid groups (broad SMARTS) is 1. The molecular formula is C14H24N2O3. The summed E-state index contributed by atoms with van der Waals surface area (Å²) in [7, 11) is 4.00. The van der Waals surface area contributed by atoms with Crippen LogP contribution in [0.5, 0.6) is 0 Å². The summed E-state index contributed by atoms with van der Waals surface area (Å²) < 4.78 is 0. The van der Waals surface area contributed by atoms with E-state index in [1.807, 2.05) is 32.8 Å². The Kier molecular flexibility index (Phi) is 3.60. The number of hydrogen-bond donors (Lipinski definition) is 1. The van der Waals surface area contributed by atoms with Crippen LogP contribution in [-0.4, -0.2) is 60.0 Å². The molecule has 0 aromatic carbocycles. The lowest BCUT2D eigenvalue weighted by Crippen LogP contribution is -2.42. The van der Waals surface area contributed by atoms with Crippen LogP contribution < -0.4 is 0 Å². The fraction of sp³-hybridized carbons (Fsp3) is 0.857. The third kappa shape index (κ3) is 2.48. The molecule has 0 radical (unpaired) electrons. The molecular weight excluding hydrogens is 244 g/mol. The molecule has 5 heteroatoms. The second-order valence-electron chi connectivity index (χ2n) is 6.70. The quantitative estimate of drug-likeness (QED) is 0.823. The van der Waals surface area contributed by atoms with Crippen molar-refractivity contribution >= 4 is 11.9 Å². The lowest BCUT2D eigenvalue weighted by atomic mass is 10.1. The summed E-state index contributed by atoms with van der Waals surface area (Å²) in [5, 5.41) is 9.18. The van der Waals surface area contributed by atoms with Crippen molar-refractivity contribution in [2.75, 3.05) is 27.2 Å². The monoisotopic (exact) mass is 268 g/mol. The summed E-state index contributed by atoms with van der Waals surface area (Å²) in [6, 6.07) is 0.244. The van der Waals surface area contributed by atoms with Gasteiger partial charge < -0.3 is 14.9 Å². The molecule has 3 unspecified atom stereocenters. The molecule has 2 rings (SSSR count). The van der Waals surface area contributed by atoms with Gasteiger partial charge in [0, 0.05) is 19.1 Å². The van der Waals surface area contributed by atoms with Crippen LogP contribution in [0.4, 0.5) is 0 Å². The maximum absolute atomic E-state index is 12.6. The summed E-state index contributed by atoms with van der Waals surface area (Å²) in [5.74, 6) is -1.65. The molecule has 2 fully saturated rings. The Hall–Kier alpha value is -1.10. The molecule has 1 saturated heterocycles. The van der Waals surface area contributed by atoms with Gasteiger partial charge in [-0.3, -0.25) is 9.59 Å². The SMILES string of the molecule is CN(C)CC1CCCN1C(=O)C1C(C(=O)O)C1(C)C. The van der Waals surface area contributed by atoms with E-state index in [-0.39, 0.29) is 17.9 Å². The highest BCUT2D eigenvalue weighted by molar-refractivity contribution is 5.92. The lowest BCUT2D eigenvalue weighted by Gasteiger charge is -2.27. The van der Waals surface area contributed by atoms with E-state index in [2.05, 4.69) is 4.90 Å². The third-order valence-corrected chi connectivity index (χ3v) is 4.60. The number of carboxylic acids is 1. The van der Waals surface area contributed by atoms with Crippen LogP contribution in [-0.2, 0) is 9.59 Å². The van der Waals surface area contributed by atoms with Crippen LogP contribution in [0.15, 0.2) is 0 Å². The zero-order valence-corrected chi connectivity index (χ0v) is 12.2. The number of hydrogen-bond acceptors (Lipinski definition) is 3. The van der Waals surface area contributed by atoms with Gasteiger partial charge in [0.2, 0.25) is 5.91 Å². The maximum atomic E-state index is 12.6. The first-order chi connectivity index (χ1) is 8.76. The smallest absolute Gasteiger partial charge is 0.307 e. The normalized spacial score (nSPS) is 32.7. The Bertz CT molecular complexity index is 392. The summed E-state index contributed by atoms with van der Waals surface area (Å²) in [6.07, 6.45) is 2.05. The minimum Gasteiger partial charge on any atom is -0.481 e. The number of rotatable bonds is 4. The number of carbonyl (C=O) groups is 2. The third-order valence-electron chi connectivity index (χ3n) is 4.60. The topological polar surface area (TPSA) is 60.9 Å². The number of nitrogens with zero attached hydrogens (tertiary/aromatic N) is 2. The Labute approximate surface area is 114 Å². The van der Waals surface area contributed by atoms with E-state index in [0.29, 0.717) is 0 Å². The fourth-order valence-corrected chi connectivity index (χ4v) is 3.48. The van der Waals surface area contributed by atoms with Crippen molar-refractivity contribution < 1.29 is 14.7 Å². The Morgan fingerprint density at radius 1 is 1.32 bits per heavy atom. The molecule has 1 amide bonds. The van der Waals surface area contributed by atoms with Gasteiger partial charge in [-0.05, 0) is 32.4 Å². The van der Waals surface area contributed by atoms with Crippen LogP contribution in [0.1, 0.15) is 26.7 Å². The molecule has 0 aromatic heterocycles. The number of likely N-dealkylation sites (N-methyl/N-ethyl adjacent to an activating group) is 1. The van der Waals surface area contributed by atoms with E-state index in [4.69, 9.17) is 0 Å². The average Bonchev–Trinajstić information content (AvgIpc) is 2.65. The van der Waals surface area contributed by atoms with E-state index in [9.17, 15) is 14.7 Å². The average molecular weight is 268 g/mol. The molecule has 0 spiro atoms. The van der Waals surface area contributed by atoms with Crippen LogP contribution in [0.2, 0.25) is 0 Å². The highest BCUT2D eigenvalue weighted by Gasteiger charge is 2.67. The summed E-state index contributed by atoms with van der Waals surface area (Å²) in [6.45, 7) is 5.39. The van der Waals surface area contributed by atoms with Crippen molar-refractivity contribution in [3.63, 3.8) is 0 Å². The van der Waals surface area contributed by atoms with Crippen molar-refractivity contribution in [2.45, 2.75) is 32.7 Å². The molecule has 0 bridgehead atoms. The van der Waals surface area contributed by atoms with Gasteiger partial charge >= 0.3 is 5.97 Å². The largest absolute Gasteiger partial charge is 0.481 e. The van der Waals surface area contributed by atoms with Gasteiger partial charge in [0.15, 0.2) is 0 Å². The Morgan fingerprint density at radius 3 is 2.42 bits per heavy atom. The van der Waals surface area contributed by atoms with Crippen molar-refractivity contribution in [3.8, 4) is 0 Å². The van der Waals surface area contributed by atoms with Crippen molar-refractivity contribution in [1.29, 1.82) is 0 Å². The first-order valence-electron chi connectivity index (χ1n) is 6.95. The minimum atomic E-state index is -0.841. The Morgan fingerprint density at radius 2 is 1.95 bits per heavy atom. The molecule has 1 heterocycles. The molecule has 1 N–H and O–H groups in total. The van der Waals surface area contributed by atoms with Crippen molar-refractivity contribution in [1.82, 2.24) is 9.80 Å². The van der Waals surface area contributed by atoms with Gasteiger partial charge in [0.1, 0.15) is 0 Å². The van der Waals surface area contributed by atoms with Gasteiger partial charge in [-0.15, -0.1) is 0 Å². The van der Waals surface area contributed by atoms with Gasteiger partial charge in [0.05, 0.1) is 11.8 Å². The molecule has 1 saturated carbocycles. The number of likely N-dealkylation sites (tertiary alicyclic amines) is 1. The molecule has 1 aliphatic heterocycles. The van der Waals surface area contributed by atoms with Crippen LogP contribution in [0.3, 0.4) is 0 Å². The van der Waals surface area contributed by atoms with E-state index in [0.717, 1.165) is 25.9 Å². The van der Waals surface area contributed by atoms with Gasteiger partial charge in [-0.2, -0.15) is 0 Å². The van der Waals surface area contributed by atoms with Gasteiger partial charge in [-0.25, -0.2) is 0 Å². The van der Waals surface area contributed by atoms with Crippen LogP contribution in [0.25, 0.3) is 0 Å². The standard InChI is InChI=1S/C14H24N2O3/c1-14(2)10(11(14)13(18)19)12(17)16-7-5-6-9(16)8-15(3)4/h9-11H,5-8H2,1-4H3,(H,18,19). The summed E-state index contributed by atoms with van der Waals surface area (Å²) in [4.78, 5) is 27.8. The van der Waals surface area contributed by atoms with Crippen LogP contribution in [0, 0.1) is 17.3 Å². The molecule has 0 aromatic rings. The summed E-state index contributed by atoms with van der Waals surface area (Å²) >= 11 is 0. The lowest BCUT2D eigenvalue weighted by molar-refractivity contribution is -0.142. The number of amides is 1. The maximum Gasteiger partial charge on any atom is 0.307 e. The van der Waals surface area contributed by atoms with E-state index in [1.165, 1.54) is 0 Å². The second-order valence-corrected chi connectivity index (χ2v) is 6.70. The molecule has 108 valence electrons. The fourth-order valence-electron chi connectivity index (χ4n) is 3.48. The predicted octanol–water partition coefficient (Wildman–Crippen LogP) is 0.896. The first-order valence-corrected chi connectivity index (χ1v) is 6.95. The first kappa shape index (κ1) is 14.3. The van der Waals surface area contributed by atoms with E-state index in [1.54, 1.807) is 0 Å². The zero-order chi connectivity index (χ0) is 14.4. The predicted molar refractivity (Wildman–Crippen MR) is 71.7 cm³/mol. The summed E-state index contributed by atoms with van der Waals surface area (Å²) in [5.41, 5.74) is -0.395. The highest BCUT2D eigenvalue weighted by atomic mass is 16.4. The molecule has 19 heavy (non-hydrogen) atoms. The Balaban J connectivity index is 2.06.